The Balaban J connectivity index is 2.21. The van der Waals surface area contributed by atoms with Crippen molar-refractivity contribution in [2.75, 3.05) is 6.54 Å². The first-order valence-corrected chi connectivity index (χ1v) is 6.13. The number of rotatable bonds is 6. The lowest BCUT2D eigenvalue weighted by Gasteiger charge is -2.08. The van der Waals surface area contributed by atoms with Gasteiger partial charge in [0.05, 0.1) is 0 Å². The highest BCUT2D eigenvalue weighted by atomic mass is 16.1. The highest BCUT2D eigenvalue weighted by molar-refractivity contribution is 5.76. The Bertz CT molecular complexity index is 344. The fraction of sp³-hybridized carbons (Fsp3) is 0.500. The number of benzene rings is 1. The molecule has 0 aromatic heterocycles. The van der Waals surface area contributed by atoms with Gasteiger partial charge in [0.1, 0.15) is 0 Å². The molecule has 1 rings (SSSR count). The number of amides is 1. The molecule has 0 spiro atoms. The maximum Gasteiger partial charge on any atom is 0.221 e. The van der Waals surface area contributed by atoms with E-state index in [1.54, 1.807) is 0 Å². The van der Waals surface area contributed by atoms with Crippen molar-refractivity contribution in [3.05, 3.63) is 35.4 Å². The van der Waals surface area contributed by atoms with Crippen LogP contribution < -0.4 is 10.6 Å². The second-order valence-electron chi connectivity index (χ2n) is 4.62. The molecule has 0 saturated carbocycles. The fourth-order valence-corrected chi connectivity index (χ4v) is 1.47. The van der Waals surface area contributed by atoms with Crippen molar-refractivity contribution < 1.29 is 4.79 Å². The average molecular weight is 234 g/mol. The molecule has 0 aliphatic heterocycles. The lowest BCUT2D eigenvalue weighted by molar-refractivity contribution is -0.121. The molecule has 0 fully saturated rings. The Morgan fingerprint density at radius 2 is 1.88 bits per heavy atom. The van der Waals surface area contributed by atoms with Crippen LogP contribution in [0.4, 0.5) is 0 Å². The van der Waals surface area contributed by atoms with E-state index < -0.39 is 0 Å². The molecule has 17 heavy (non-hydrogen) atoms. The third kappa shape index (κ3) is 6.07. The van der Waals surface area contributed by atoms with Gasteiger partial charge >= 0.3 is 0 Å². The molecule has 0 aliphatic carbocycles. The van der Waals surface area contributed by atoms with Crippen LogP contribution in [-0.2, 0) is 11.3 Å². The first-order chi connectivity index (χ1) is 8.08. The molecule has 0 bridgehead atoms. The van der Waals surface area contributed by atoms with Gasteiger partial charge in [-0.25, -0.2) is 0 Å². The molecule has 2 N–H and O–H groups in total. The van der Waals surface area contributed by atoms with E-state index in [1.807, 2.05) is 12.1 Å². The zero-order valence-electron chi connectivity index (χ0n) is 10.9. The van der Waals surface area contributed by atoms with Crippen LogP contribution in [-0.4, -0.2) is 18.5 Å². The van der Waals surface area contributed by atoms with Crippen LogP contribution in [0.1, 0.15) is 31.4 Å². The van der Waals surface area contributed by atoms with E-state index in [2.05, 4.69) is 43.5 Å². The zero-order valence-corrected chi connectivity index (χ0v) is 10.9. The van der Waals surface area contributed by atoms with Gasteiger partial charge in [0, 0.05) is 25.6 Å². The highest BCUT2D eigenvalue weighted by Crippen LogP contribution is 2.02. The zero-order chi connectivity index (χ0) is 12.7. The minimum absolute atomic E-state index is 0.0960. The van der Waals surface area contributed by atoms with Gasteiger partial charge in [-0.05, 0) is 12.5 Å². The van der Waals surface area contributed by atoms with Crippen LogP contribution in [0.5, 0.6) is 0 Å². The first-order valence-electron chi connectivity index (χ1n) is 6.13. The summed E-state index contributed by atoms with van der Waals surface area (Å²) in [6, 6.07) is 8.63. The van der Waals surface area contributed by atoms with E-state index in [1.165, 1.54) is 5.56 Å². The number of hydrogen-bond donors (Lipinski definition) is 2. The molecule has 0 radical (unpaired) electrons. The molecular formula is C14H22N2O. The van der Waals surface area contributed by atoms with Gasteiger partial charge in [0.15, 0.2) is 0 Å². The van der Waals surface area contributed by atoms with Gasteiger partial charge in [-0.3, -0.25) is 4.79 Å². The Hall–Kier alpha value is -1.35. The minimum atomic E-state index is 0.0960. The first kappa shape index (κ1) is 13.7. The normalized spacial score (nSPS) is 10.6. The molecule has 94 valence electrons. The van der Waals surface area contributed by atoms with E-state index in [0.717, 1.165) is 12.1 Å². The molecule has 0 atom stereocenters. The summed E-state index contributed by atoms with van der Waals surface area (Å²) in [5, 5.41) is 6.13. The van der Waals surface area contributed by atoms with Crippen molar-refractivity contribution in [2.24, 2.45) is 0 Å². The van der Waals surface area contributed by atoms with Crippen molar-refractivity contribution in [2.45, 2.75) is 39.8 Å². The maximum absolute atomic E-state index is 11.5. The van der Waals surface area contributed by atoms with Crippen molar-refractivity contribution in [3.63, 3.8) is 0 Å². The van der Waals surface area contributed by atoms with E-state index >= 15 is 0 Å². The van der Waals surface area contributed by atoms with E-state index in [0.29, 0.717) is 19.0 Å². The van der Waals surface area contributed by atoms with Crippen LogP contribution in [0.2, 0.25) is 0 Å². The fourth-order valence-electron chi connectivity index (χ4n) is 1.47. The van der Waals surface area contributed by atoms with Crippen LogP contribution in [0, 0.1) is 6.92 Å². The lowest BCUT2D eigenvalue weighted by atomic mass is 10.1. The summed E-state index contributed by atoms with van der Waals surface area (Å²) >= 11 is 0. The Kier molecular flexibility index (Phi) is 5.70. The third-order valence-electron chi connectivity index (χ3n) is 2.51. The summed E-state index contributed by atoms with van der Waals surface area (Å²) in [5.74, 6) is 0.0960. The molecule has 1 aromatic rings. The molecular weight excluding hydrogens is 212 g/mol. The van der Waals surface area contributed by atoms with Crippen molar-refractivity contribution in [3.8, 4) is 0 Å². The van der Waals surface area contributed by atoms with Crippen LogP contribution >= 0.6 is 0 Å². The number of carbonyl (C=O) groups is 1. The molecule has 3 heteroatoms. The minimum Gasteiger partial charge on any atom is -0.352 e. The van der Waals surface area contributed by atoms with Gasteiger partial charge in [-0.1, -0.05) is 43.7 Å². The standard InChI is InChI=1S/C14H22N2O/c1-11(2)15-9-8-14(17)16-10-13-6-4-12(3)5-7-13/h4-7,11,15H,8-10H2,1-3H3,(H,16,17). The molecule has 0 heterocycles. The third-order valence-corrected chi connectivity index (χ3v) is 2.51. The smallest absolute Gasteiger partial charge is 0.221 e. The summed E-state index contributed by atoms with van der Waals surface area (Å²) in [5.41, 5.74) is 2.38. The molecule has 3 nitrogen and oxygen atoms in total. The summed E-state index contributed by atoms with van der Waals surface area (Å²) in [7, 11) is 0. The van der Waals surface area contributed by atoms with Gasteiger partial charge in [-0.15, -0.1) is 0 Å². The van der Waals surface area contributed by atoms with Gasteiger partial charge in [0.2, 0.25) is 5.91 Å². The van der Waals surface area contributed by atoms with Crippen LogP contribution in [0.3, 0.4) is 0 Å². The van der Waals surface area contributed by atoms with Crippen molar-refractivity contribution in [1.82, 2.24) is 10.6 Å². The Labute approximate surface area is 104 Å². The molecule has 0 saturated heterocycles. The van der Waals surface area contributed by atoms with Gasteiger partial charge < -0.3 is 10.6 Å². The van der Waals surface area contributed by atoms with Crippen molar-refractivity contribution in [1.29, 1.82) is 0 Å². The topological polar surface area (TPSA) is 41.1 Å². The Morgan fingerprint density at radius 3 is 2.47 bits per heavy atom. The highest BCUT2D eigenvalue weighted by Gasteiger charge is 2.01. The lowest BCUT2D eigenvalue weighted by Crippen LogP contribution is -2.30. The predicted molar refractivity (Wildman–Crippen MR) is 70.8 cm³/mol. The summed E-state index contributed by atoms with van der Waals surface area (Å²) in [6.07, 6.45) is 0.532. The SMILES string of the molecule is Cc1ccc(CNC(=O)CCNC(C)C)cc1. The summed E-state index contributed by atoms with van der Waals surface area (Å²) < 4.78 is 0. The van der Waals surface area contributed by atoms with Crippen LogP contribution in [0.15, 0.2) is 24.3 Å². The van der Waals surface area contributed by atoms with Gasteiger partial charge in [-0.2, -0.15) is 0 Å². The summed E-state index contributed by atoms with van der Waals surface area (Å²) in [4.78, 5) is 11.5. The number of nitrogens with one attached hydrogen (secondary N) is 2. The van der Waals surface area contributed by atoms with Crippen LogP contribution in [0.25, 0.3) is 0 Å². The quantitative estimate of drug-likeness (QED) is 0.790. The maximum atomic E-state index is 11.5. The second kappa shape index (κ2) is 7.07. The molecule has 0 aliphatic rings. The van der Waals surface area contributed by atoms with Gasteiger partial charge in [0.25, 0.3) is 0 Å². The second-order valence-corrected chi connectivity index (χ2v) is 4.62. The van der Waals surface area contributed by atoms with Crippen molar-refractivity contribution >= 4 is 5.91 Å². The number of aryl methyl sites for hydroxylation is 1. The monoisotopic (exact) mass is 234 g/mol. The molecule has 1 amide bonds. The summed E-state index contributed by atoms with van der Waals surface area (Å²) in [6.45, 7) is 7.55. The predicted octanol–water partition coefficient (Wildman–Crippen LogP) is 2.00. The van der Waals surface area contributed by atoms with E-state index in [9.17, 15) is 4.79 Å². The largest absolute Gasteiger partial charge is 0.352 e. The van der Waals surface area contributed by atoms with E-state index in [-0.39, 0.29) is 5.91 Å². The average Bonchev–Trinajstić information content (AvgIpc) is 2.28. The number of hydrogen-bond acceptors (Lipinski definition) is 2. The molecule has 0 unspecified atom stereocenters. The van der Waals surface area contributed by atoms with E-state index in [4.69, 9.17) is 0 Å². The number of carbonyl (C=O) groups excluding carboxylic acids is 1. The molecule has 1 aromatic carbocycles. The Morgan fingerprint density at radius 1 is 1.24 bits per heavy atom.